The Kier molecular flexibility index (Phi) is 4.06. The van der Waals surface area contributed by atoms with Crippen LogP contribution in [0.15, 0.2) is 0 Å². The van der Waals surface area contributed by atoms with E-state index >= 15 is 0 Å². The van der Waals surface area contributed by atoms with Crippen LogP contribution in [0.1, 0.15) is 23.2 Å². The van der Waals surface area contributed by atoms with Crippen molar-refractivity contribution >= 4 is 30.0 Å². The summed E-state index contributed by atoms with van der Waals surface area (Å²) in [4.78, 5) is 16.5. The molecule has 12 heavy (non-hydrogen) atoms. The molecule has 0 saturated carbocycles. The predicted octanol–water partition coefficient (Wildman–Crippen LogP) is 1.75. The Morgan fingerprint density at radius 1 is 1.75 bits per heavy atom. The molecule has 0 unspecified atom stereocenters. The number of aromatic nitrogens is 2. The first-order chi connectivity index (χ1) is 5.15. The van der Waals surface area contributed by atoms with Crippen molar-refractivity contribution in [3.8, 4) is 0 Å². The van der Waals surface area contributed by atoms with Crippen LogP contribution in [0, 0.1) is 0 Å². The molecule has 1 aromatic rings. The molecule has 0 spiro atoms. The van der Waals surface area contributed by atoms with E-state index in [1.807, 2.05) is 6.92 Å². The third-order valence-corrected chi connectivity index (χ3v) is 1.60. The molecule has 0 aromatic carbocycles. The zero-order chi connectivity index (χ0) is 8.43. The Hall–Kier alpha value is -0.740. The van der Waals surface area contributed by atoms with Crippen LogP contribution < -0.4 is 0 Å². The Balaban J connectivity index is 0.00000121. The first kappa shape index (κ1) is 11.3. The average molecular weight is 211 g/mol. The summed E-state index contributed by atoms with van der Waals surface area (Å²) in [6.07, 6.45) is 0.652. The molecule has 6 heteroatoms. The van der Waals surface area contributed by atoms with E-state index in [9.17, 15) is 4.79 Å². The highest BCUT2D eigenvalue weighted by Crippen LogP contribution is 2.12. The highest BCUT2D eigenvalue weighted by molar-refractivity contribution is 6.30. The van der Waals surface area contributed by atoms with E-state index in [0.717, 1.165) is 0 Å². The Morgan fingerprint density at radius 3 is 2.58 bits per heavy atom. The van der Waals surface area contributed by atoms with Crippen LogP contribution >= 0.6 is 24.0 Å². The number of H-pyrrole nitrogens is 1. The fraction of sp³-hybridized carbons (Fsp3) is 0.333. The largest absolute Gasteiger partial charge is 0.475 e. The van der Waals surface area contributed by atoms with Crippen molar-refractivity contribution in [2.24, 2.45) is 0 Å². The molecule has 2 N–H and O–H groups in total. The topological polar surface area (TPSA) is 66.0 Å². The third-order valence-electron chi connectivity index (χ3n) is 1.28. The number of hydrogen-bond acceptors (Lipinski definition) is 2. The molecule has 0 atom stereocenters. The highest BCUT2D eigenvalue weighted by atomic mass is 35.5. The molecule has 68 valence electrons. The van der Waals surface area contributed by atoms with E-state index in [4.69, 9.17) is 16.7 Å². The molecule has 0 fully saturated rings. The van der Waals surface area contributed by atoms with Gasteiger partial charge in [0.2, 0.25) is 5.82 Å². The summed E-state index contributed by atoms with van der Waals surface area (Å²) in [6.45, 7) is 1.87. The molecule has 1 aromatic heterocycles. The number of aromatic carboxylic acids is 1. The van der Waals surface area contributed by atoms with Crippen molar-refractivity contribution in [2.75, 3.05) is 0 Å². The van der Waals surface area contributed by atoms with Gasteiger partial charge < -0.3 is 10.1 Å². The van der Waals surface area contributed by atoms with Gasteiger partial charge in [0, 0.05) is 0 Å². The molecular weight excluding hydrogens is 203 g/mol. The number of hydrogen-bond donors (Lipinski definition) is 2. The Morgan fingerprint density at radius 2 is 2.33 bits per heavy atom. The second-order valence-electron chi connectivity index (χ2n) is 2.01. The van der Waals surface area contributed by atoms with Gasteiger partial charge in [0.25, 0.3) is 0 Å². The lowest BCUT2D eigenvalue weighted by Crippen LogP contribution is -1.98. The fourth-order valence-electron chi connectivity index (χ4n) is 0.724. The number of nitrogens with one attached hydrogen (secondary N) is 1. The van der Waals surface area contributed by atoms with E-state index < -0.39 is 5.97 Å². The summed E-state index contributed by atoms with van der Waals surface area (Å²) in [5.41, 5.74) is 0.657. The second kappa shape index (κ2) is 4.33. The SMILES string of the molecule is CCc1[nH]c(C(=O)O)nc1Cl.Cl. The third kappa shape index (κ3) is 2.12. The van der Waals surface area contributed by atoms with E-state index in [-0.39, 0.29) is 23.4 Å². The summed E-state index contributed by atoms with van der Waals surface area (Å²) < 4.78 is 0. The summed E-state index contributed by atoms with van der Waals surface area (Å²) in [7, 11) is 0. The Bertz CT molecular complexity index is 285. The van der Waals surface area contributed by atoms with Gasteiger partial charge in [-0.2, -0.15) is 0 Å². The van der Waals surface area contributed by atoms with Crippen LogP contribution in [0.4, 0.5) is 0 Å². The monoisotopic (exact) mass is 210 g/mol. The summed E-state index contributed by atoms with van der Waals surface area (Å²) in [6, 6.07) is 0. The number of carboxylic acids is 1. The zero-order valence-corrected chi connectivity index (χ0v) is 7.87. The number of rotatable bonds is 2. The Labute approximate surface area is 80.4 Å². The van der Waals surface area contributed by atoms with Crippen LogP contribution in [0.5, 0.6) is 0 Å². The molecule has 0 saturated heterocycles. The van der Waals surface area contributed by atoms with Gasteiger partial charge in [-0.15, -0.1) is 12.4 Å². The minimum absolute atomic E-state index is 0. The fourth-order valence-corrected chi connectivity index (χ4v) is 0.989. The van der Waals surface area contributed by atoms with E-state index in [0.29, 0.717) is 12.1 Å². The predicted molar refractivity (Wildman–Crippen MR) is 47.2 cm³/mol. The van der Waals surface area contributed by atoms with Gasteiger partial charge in [-0.3, -0.25) is 0 Å². The lowest BCUT2D eigenvalue weighted by Gasteiger charge is -1.86. The molecule has 1 heterocycles. The lowest BCUT2D eigenvalue weighted by atomic mass is 10.4. The van der Waals surface area contributed by atoms with Crippen molar-refractivity contribution in [3.63, 3.8) is 0 Å². The van der Waals surface area contributed by atoms with Crippen molar-refractivity contribution in [3.05, 3.63) is 16.7 Å². The molecule has 0 radical (unpaired) electrons. The van der Waals surface area contributed by atoms with Crippen molar-refractivity contribution < 1.29 is 9.90 Å². The van der Waals surface area contributed by atoms with Crippen molar-refractivity contribution in [1.29, 1.82) is 0 Å². The number of carbonyl (C=O) groups is 1. The average Bonchev–Trinajstić information content (AvgIpc) is 2.31. The van der Waals surface area contributed by atoms with Crippen LogP contribution in [0.25, 0.3) is 0 Å². The number of aryl methyl sites for hydroxylation is 1. The molecule has 4 nitrogen and oxygen atoms in total. The van der Waals surface area contributed by atoms with Crippen molar-refractivity contribution in [2.45, 2.75) is 13.3 Å². The normalized spacial score (nSPS) is 9.17. The van der Waals surface area contributed by atoms with Crippen LogP contribution in [-0.4, -0.2) is 21.0 Å². The zero-order valence-electron chi connectivity index (χ0n) is 6.30. The molecular formula is C6H8Cl2N2O2. The smallest absolute Gasteiger partial charge is 0.371 e. The number of imidazole rings is 1. The molecule has 0 bridgehead atoms. The maximum Gasteiger partial charge on any atom is 0.371 e. The first-order valence-electron chi connectivity index (χ1n) is 3.12. The first-order valence-corrected chi connectivity index (χ1v) is 3.50. The maximum atomic E-state index is 10.3. The molecule has 1 rings (SSSR count). The van der Waals surface area contributed by atoms with Gasteiger partial charge in [-0.25, -0.2) is 9.78 Å². The van der Waals surface area contributed by atoms with Gasteiger partial charge in [0.1, 0.15) is 0 Å². The summed E-state index contributed by atoms with van der Waals surface area (Å²) in [5.74, 6) is -1.20. The van der Waals surface area contributed by atoms with Crippen molar-refractivity contribution in [1.82, 2.24) is 9.97 Å². The molecule has 0 aliphatic carbocycles. The standard InChI is InChI=1S/C6H7ClN2O2.ClH/c1-2-3-4(7)9-5(8-3)6(10)11;/h2H2,1H3,(H,8,9)(H,10,11);1H. The van der Waals surface area contributed by atoms with Gasteiger partial charge in [-0.05, 0) is 6.42 Å². The number of aromatic amines is 1. The van der Waals surface area contributed by atoms with Crippen LogP contribution in [0.3, 0.4) is 0 Å². The minimum atomic E-state index is -1.09. The highest BCUT2D eigenvalue weighted by Gasteiger charge is 2.11. The van der Waals surface area contributed by atoms with Gasteiger partial charge in [0.05, 0.1) is 5.69 Å². The van der Waals surface area contributed by atoms with Crippen LogP contribution in [0.2, 0.25) is 5.15 Å². The number of carboxylic acid groups (broad SMARTS) is 1. The van der Waals surface area contributed by atoms with E-state index in [1.165, 1.54) is 0 Å². The number of halogens is 2. The molecule has 0 aliphatic heterocycles. The summed E-state index contributed by atoms with van der Waals surface area (Å²) in [5, 5.41) is 8.71. The summed E-state index contributed by atoms with van der Waals surface area (Å²) >= 11 is 5.58. The van der Waals surface area contributed by atoms with Crippen LogP contribution in [-0.2, 0) is 6.42 Å². The van der Waals surface area contributed by atoms with Gasteiger partial charge in [-0.1, -0.05) is 18.5 Å². The molecule has 0 aliphatic rings. The quantitative estimate of drug-likeness (QED) is 0.782. The number of nitrogens with zero attached hydrogens (tertiary/aromatic N) is 1. The second-order valence-corrected chi connectivity index (χ2v) is 2.37. The molecule has 0 amide bonds. The van der Waals surface area contributed by atoms with Gasteiger partial charge >= 0.3 is 5.97 Å². The maximum absolute atomic E-state index is 10.3. The van der Waals surface area contributed by atoms with E-state index in [1.54, 1.807) is 0 Å². The lowest BCUT2D eigenvalue weighted by molar-refractivity contribution is 0.0684. The minimum Gasteiger partial charge on any atom is -0.475 e. The van der Waals surface area contributed by atoms with Gasteiger partial charge in [0.15, 0.2) is 5.15 Å². The van der Waals surface area contributed by atoms with E-state index in [2.05, 4.69) is 9.97 Å².